The maximum Gasteiger partial charge on any atom is 0.222 e. The molecule has 6 heteroatoms. The van der Waals surface area contributed by atoms with Crippen LogP contribution in [0.15, 0.2) is 41.8 Å². The number of para-hydroxylation sites is 1. The highest BCUT2D eigenvalue weighted by atomic mass is 32.1. The Kier molecular flexibility index (Phi) is 5.81. The summed E-state index contributed by atoms with van der Waals surface area (Å²) in [4.78, 5) is 28.8. The molecule has 4 nitrogen and oxygen atoms in total. The molecule has 2 heterocycles. The lowest BCUT2D eigenvalue weighted by Crippen LogP contribution is -2.49. The maximum atomic E-state index is 13.8. The number of anilines is 1. The number of amides is 1. The molecule has 3 rings (SSSR count). The van der Waals surface area contributed by atoms with Crippen LogP contribution < -0.4 is 4.90 Å². The Balaban J connectivity index is 1.42. The van der Waals surface area contributed by atoms with Crippen molar-refractivity contribution in [3.05, 3.63) is 52.5 Å². The van der Waals surface area contributed by atoms with Crippen LogP contribution in [0.3, 0.4) is 0 Å². The van der Waals surface area contributed by atoms with Crippen LogP contribution in [0.1, 0.15) is 28.9 Å². The average Bonchev–Trinajstić information content (AvgIpc) is 3.17. The normalized spacial score (nSPS) is 14.6. The predicted molar refractivity (Wildman–Crippen MR) is 97.7 cm³/mol. The molecule has 0 bridgehead atoms. The minimum Gasteiger partial charge on any atom is -0.366 e. The minimum absolute atomic E-state index is 0.0761. The number of ketones is 1. The van der Waals surface area contributed by atoms with Crippen molar-refractivity contribution in [2.45, 2.75) is 19.3 Å². The van der Waals surface area contributed by atoms with Crippen molar-refractivity contribution in [3.63, 3.8) is 0 Å². The highest BCUT2D eigenvalue weighted by molar-refractivity contribution is 7.12. The molecule has 1 fully saturated rings. The lowest BCUT2D eigenvalue weighted by molar-refractivity contribution is -0.131. The van der Waals surface area contributed by atoms with Gasteiger partial charge in [0, 0.05) is 39.0 Å². The summed E-state index contributed by atoms with van der Waals surface area (Å²) in [5.41, 5.74) is 0.594. The van der Waals surface area contributed by atoms with Gasteiger partial charge in [0.2, 0.25) is 5.91 Å². The first kappa shape index (κ1) is 17.6. The number of hydrogen-bond donors (Lipinski definition) is 0. The molecule has 0 unspecified atom stereocenters. The van der Waals surface area contributed by atoms with Gasteiger partial charge in [0.1, 0.15) is 5.82 Å². The van der Waals surface area contributed by atoms with Crippen LogP contribution in [-0.4, -0.2) is 42.8 Å². The van der Waals surface area contributed by atoms with Crippen LogP contribution in [0.25, 0.3) is 0 Å². The van der Waals surface area contributed by atoms with Crippen LogP contribution >= 0.6 is 11.3 Å². The van der Waals surface area contributed by atoms with Gasteiger partial charge in [-0.1, -0.05) is 18.2 Å². The molecule has 1 aromatic carbocycles. The van der Waals surface area contributed by atoms with E-state index in [2.05, 4.69) is 0 Å². The lowest BCUT2D eigenvalue weighted by Gasteiger charge is -2.36. The monoisotopic (exact) mass is 360 g/mol. The number of rotatable bonds is 6. The molecule has 0 radical (unpaired) electrons. The average molecular weight is 360 g/mol. The minimum atomic E-state index is -0.227. The molecule has 0 aliphatic carbocycles. The fraction of sp³-hybridized carbons (Fsp3) is 0.368. The van der Waals surface area contributed by atoms with Gasteiger partial charge in [-0.3, -0.25) is 9.59 Å². The van der Waals surface area contributed by atoms with Crippen molar-refractivity contribution < 1.29 is 14.0 Å². The molecule has 0 atom stereocenters. The first-order chi connectivity index (χ1) is 12.1. The van der Waals surface area contributed by atoms with E-state index < -0.39 is 0 Å². The number of nitrogens with zero attached hydrogens (tertiary/aromatic N) is 2. The zero-order valence-corrected chi connectivity index (χ0v) is 14.8. The van der Waals surface area contributed by atoms with Gasteiger partial charge in [0.25, 0.3) is 0 Å². The topological polar surface area (TPSA) is 40.6 Å². The van der Waals surface area contributed by atoms with Gasteiger partial charge < -0.3 is 9.80 Å². The predicted octanol–water partition coefficient (Wildman–Crippen LogP) is 3.59. The molecule has 1 aromatic heterocycles. The van der Waals surface area contributed by atoms with Crippen molar-refractivity contribution in [2.24, 2.45) is 0 Å². The van der Waals surface area contributed by atoms with Gasteiger partial charge in [0.15, 0.2) is 5.78 Å². The fourth-order valence-corrected chi connectivity index (χ4v) is 3.72. The van der Waals surface area contributed by atoms with E-state index in [4.69, 9.17) is 0 Å². The number of carbonyl (C=O) groups excluding carboxylic acids is 2. The van der Waals surface area contributed by atoms with Gasteiger partial charge in [-0.05, 0) is 30.0 Å². The Morgan fingerprint density at radius 2 is 1.76 bits per heavy atom. The molecular weight excluding hydrogens is 339 g/mol. The van der Waals surface area contributed by atoms with Crippen LogP contribution in [0, 0.1) is 5.82 Å². The van der Waals surface area contributed by atoms with Gasteiger partial charge in [-0.15, -0.1) is 11.3 Å². The molecule has 0 saturated carbocycles. The molecule has 25 heavy (non-hydrogen) atoms. The second kappa shape index (κ2) is 8.25. The van der Waals surface area contributed by atoms with E-state index >= 15 is 0 Å². The van der Waals surface area contributed by atoms with Crippen molar-refractivity contribution in [2.75, 3.05) is 31.1 Å². The molecule has 1 aliphatic heterocycles. The molecule has 1 saturated heterocycles. The largest absolute Gasteiger partial charge is 0.366 e. The summed E-state index contributed by atoms with van der Waals surface area (Å²) in [5.74, 6) is -0.0475. The van der Waals surface area contributed by atoms with E-state index in [1.54, 1.807) is 12.1 Å². The van der Waals surface area contributed by atoms with Crippen molar-refractivity contribution in [1.29, 1.82) is 0 Å². The zero-order chi connectivity index (χ0) is 17.6. The van der Waals surface area contributed by atoms with E-state index in [1.807, 2.05) is 33.4 Å². The SMILES string of the molecule is O=C(CCCC(=O)N1CCN(c2ccccc2F)CC1)c1cccs1. The Hall–Kier alpha value is -2.21. The highest BCUT2D eigenvalue weighted by Crippen LogP contribution is 2.20. The number of halogens is 1. The summed E-state index contributed by atoms with van der Waals surface area (Å²) in [7, 11) is 0. The number of piperazine rings is 1. The third kappa shape index (κ3) is 4.45. The van der Waals surface area contributed by atoms with Gasteiger partial charge in [0.05, 0.1) is 10.6 Å². The standard InChI is InChI=1S/C19H21FN2O2S/c20-15-5-1-2-6-16(15)21-10-12-22(13-11-21)19(24)9-3-7-17(23)18-8-4-14-25-18/h1-2,4-6,8,14H,3,7,9-13H2. The Labute approximate surface area is 150 Å². The third-order valence-electron chi connectivity index (χ3n) is 4.42. The van der Waals surface area contributed by atoms with Gasteiger partial charge >= 0.3 is 0 Å². The van der Waals surface area contributed by atoms with Gasteiger partial charge in [-0.2, -0.15) is 0 Å². The Morgan fingerprint density at radius 3 is 2.44 bits per heavy atom. The molecule has 2 aromatic rings. The van der Waals surface area contributed by atoms with Crippen LogP contribution in [-0.2, 0) is 4.79 Å². The van der Waals surface area contributed by atoms with Gasteiger partial charge in [-0.25, -0.2) is 4.39 Å². The van der Waals surface area contributed by atoms with E-state index in [-0.39, 0.29) is 17.5 Å². The summed E-state index contributed by atoms with van der Waals surface area (Å²) in [6.07, 6.45) is 1.36. The number of thiophene rings is 1. The molecular formula is C19H21FN2O2S. The summed E-state index contributed by atoms with van der Waals surface area (Å²) >= 11 is 1.44. The summed E-state index contributed by atoms with van der Waals surface area (Å²) in [6.45, 7) is 2.43. The molecule has 0 spiro atoms. The summed E-state index contributed by atoms with van der Waals surface area (Å²) in [5, 5.41) is 1.88. The van der Waals surface area contributed by atoms with E-state index in [9.17, 15) is 14.0 Å². The second-order valence-electron chi connectivity index (χ2n) is 6.07. The molecule has 0 N–H and O–H groups in total. The fourth-order valence-electron chi connectivity index (χ4n) is 3.02. The maximum absolute atomic E-state index is 13.8. The number of carbonyl (C=O) groups is 2. The number of hydrogen-bond acceptors (Lipinski definition) is 4. The van der Waals surface area contributed by atoms with E-state index in [1.165, 1.54) is 17.4 Å². The third-order valence-corrected chi connectivity index (χ3v) is 5.33. The Morgan fingerprint density at radius 1 is 1.00 bits per heavy atom. The first-order valence-corrected chi connectivity index (χ1v) is 9.37. The zero-order valence-electron chi connectivity index (χ0n) is 14.0. The van der Waals surface area contributed by atoms with E-state index in [0.717, 1.165) is 4.88 Å². The van der Waals surface area contributed by atoms with E-state index in [0.29, 0.717) is 51.1 Å². The van der Waals surface area contributed by atoms with Crippen molar-refractivity contribution >= 4 is 28.7 Å². The first-order valence-electron chi connectivity index (χ1n) is 8.49. The summed E-state index contributed by atoms with van der Waals surface area (Å²) < 4.78 is 13.8. The smallest absolute Gasteiger partial charge is 0.222 e. The van der Waals surface area contributed by atoms with Crippen molar-refractivity contribution in [1.82, 2.24) is 4.90 Å². The molecule has 1 aliphatic rings. The van der Waals surface area contributed by atoms with Crippen molar-refractivity contribution in [3.8, 4) is 0 Å². The van der Waals surface area contributed by atoms with Crippen LogP contribution in [0.5, 0.6) is 0 Å². The highest BCUT2D eigenvalue weighted by Gasteiger charge is 2.22. The lowest BCUT2D eigenvalue weighted by atomic mass is 10.1. The quantitative estimate of drug-likeness (QED) is 0.739. The Bertz CT molecular complexity index is 725. The summed E-state index contributed by atoms with van der Waals surface area (Å²) in [6, 6.07) is 10.4. The second-order valence-corrected chi connectivity index (χ2v) is 7.02. The number of benzene rings is 1. The van der Waals surface area contributed by atoms with Crippen LogP contribution in [0.4, 0.5) is 10.1 Å². The molecule has 132 valence electrons. The molecule has 1 amide bonds. The van der Waals surface area contributed by atoms with Crippen LogP contribution in [0.2, 0.25) is 0 Å². The number of Topliss-reactive ketones (excluding diaryl/α,β-unsaturated/α-hetero) is 1.